The molecule has 10 heavy (non-hydrogen) atoms. The van der Waals surface area contributed by atoms with E-state index in [0.29, 0.717) is 0 Å². The van der Waals surface area contributed by atoms with Gasteiger partial charge in [-0.15, -0.1) is 0 Å². The molecule has 3 heteroatoms. The number of hydrogen-bond donors (Lipinski definition) is 1. The third kappa shape index (κ3) is 2.62. The van der Waals surface area contributed by atoms with Gasteiger partial charge in [-0.3, -0.25) is 4.99 Å². The van der Waals surface area contributed by atoms with Gasteiger partial charge in [-0.25, -0.2) is 0 Å². The summed E-state index contributed by atoms with van der Waals surface area (Å²) in [6.45, 7) is 6.13. The Labute approximate surface area is 62.0 Å². The summed E-state index contributed by atoms with van der Waals surface area (Å²) >= 11 is 0. The molecule has 0 amide bonds. The normalized spacial score (nSPS) is 14.6. The van der Waals surface area contributed by atoms with E-state index in [4.69, 9.17) is 5.84 Å². The Morgan fingerprint density at radius 3 is 2.00 bits per heavy atom. The lowest BCUT2D eigenvalue weighted by Crippen LogP contribution is -2.23. The fourth-order valence-corrected chi connectivity index (χ4v) is 0.543. The van der Waals surface area contributed by atoms with E-state index >= 15 is 0 Å². The molecule has 3 nitrogen and oxygen atoms in total. The van der Waals surface area contributed by atoms with E-state index in [9.17, 15) is 0 Å². The second kappa shape index (κ2) is 3.34. The molecular weight excluding hydrogens is 126 g/mol. The van der Waals surface area contributed by atoms with Crippen molar-refractivity contribution in [3.05, 3.63) is 0 Å². The van der Waals surface area contributed by atoms with Crippen LogP contribution in [0.2, 0.25) is 0 Å². The summed E-state index contributed by atoms with van der Waals surface area (Å²) < 4.78 is 0. The van der Waals surface area contributed by atoms with Crippen molar-refractivity contribution in [2.45, 2.75) is 20.8 Å². The van der Waals surface area contributed by atoms with Gasteiger partial charge in [-0.05, 0) is 0 Å². The van der Waals surface area contributed by atoms with Crippen LogP contribution in [0.25, 0.3) is 0 Å². The number of aliphatic imine (C=N–C) groups is 1. The molecule has 0 heterocycles. The van der Waals surface area contributed by atoms with Gasteiger partial charge in [-0.2, -0.15) is 5.10 Å². The number of nitrogens with two attached hydrogens (primary N) is 1. The van der Waals surface area contributed by atoms with Crippen molar-refractivity contribution < 1.29 is 0 Å². The van der Waals surface area contributed by atoms with Crippen LogP contribution in [0.15, 0.2) is 10.1 Å². The minimum Gasteiger partial charge on any atom is -0.323 e. The molecule has 0 aromatic rings. The molecule has 58 valence electrons. The predicted octanol–water partition coefficient (Wildman–Crippen LogP) is 1.05. The van der Waals surface area contributed by atoms with Crippen LogP contribution in [0.1, 0.15) is 20.8 Å². The van der Waals surface area contributed by atoms with Crippen LogP contribution in [0, 0.1) is 5.41 Å². The molecule has 0 fully saturated rings. The molecule has 0 aliphatic rings. The summed E-state index contributed by atoms with van der Waals surface area (Å²) in [5.74, 6) is 5.14. The molecule has 0 aromatic carbocycles. The van der Waals surface area contributed by atoms with Crippen molar-refractivity contribution in [3.8, 4) is 0 Å². The molecule has 2 N–H and O–H groups in total. The average molecular weight is 141 g/mol. The fourth-order valence-electron chi connectivity index (χ4n) is 0.543. The van der Waals surface area contributed by atoms with Gasteiger partial charge in [0.25, 0.3) is 0 Å². The van der Waals surface area contributed by atoms with Gasteiger partial charge >= 0.3 is 0 Å². The molecule has 0 saturated heterocycles. The van der Waals surface area contributed by atoms with Gasteiger partial charge in [-0.1, -0.05) is 20.8 Å². The number of hydrogen-bond acceptors (Lipinski definition) is 3. The largest absolute Gasteiger partial charge is 0.323 e. The third-order valence-electron chi connectivity index (χ3n) is 1.16. The maximum atomic E-state index is 5.14. The molecule has 0 spiro atoms. The van der Waals surface area contributed by atoms with E-state index in [2.05, 4.69) is 10.1 Å². The maximum absolute atomic E-state index is 5.14. The van der Waals surface area contributed by atoms with Crippen LogP contribution in [0.4, 0.5) is 0 Å². The zero-order valence-electron chi connectivity index (χ0n) is 7.05. The van der Waals surface area contributed by atoms with Crippen LogP contribution < -0.4 is 5.84 Å². The van der Waals surface area contributed by atoms with Gasteiger partial charge in [0.05, 0.1) is 5.71 Å². The van der Waals surface area contributed by atoms with Crippen molar-refractivity contribution in [1.82, 2.24) is 0 Å². The molecule has 0 aromatic heterocycles. The molecule has 0 aliphatic carbocycles. The summed E-state index contributed by atoms with van der Waals surface area (Å²) in [7, 11) is 1.71. The van der Waals surface area contributed by atoms with E-state index in [0.717, 1.165) is 5.71 Å². The first-order valence-corrected chi connectivity index (χ1v) is 3.23. The number of nitrogens with zero attached hydrogens (tertiary/aromatic N) is 2. The third-order valence-corrected chi connectivity index (χ3v) is 1.16. The predicted molar refractivity (Wildman–Crippen MR) is 45.5 cm³/mol. The standard InChI is InChI=1S/C7H15N3/c1-7(2,3)6(10-8)5-9-4/h5H,8H2,1-4H3/b9-5?,10-6+. The lowest BCUT2D eigenvalue weighted by atomic mass is 9.91. The smallest absolute Gasteiger partial charge is 0.0831 e. The molecular formula is C7H15N3. The van der Waals surface area contributed by atoms with Gasteiger partial charge in [0.15, 0.2) is 0 Å². The lowest BCUT2D eigenvalue weighted by Gasteiger charge is -2.16. The average Bonchev–Trinajstić information content (AvgIpc) is 1.80. The SMILES string of the molecule is CN=C/C(=N\N)C(C)(C)C. The number of hydrazone groups is 1. The van der Waals surface area contributed by atoms with Crippen molar-refractivity contribution in [3.63, 3.8) is 0 Å². The van der Waals surface area contributed by atoms with E-state index in [1.54, 1.807) is 13.3 Å². The van der Waals surface area contributed by atoms with E-state index in [1.807, 2.05) is 20.8 Å². The topological polar surface area (TPSA) is 50.7 Å². The second-order valence-electron chi connectivity index (χ2n) is 3.15. The van der Waals surface area contributed by atoms with E-state index in [1.165, 1.54) is 0 Å². The first-order chi connectivity index (χ1) is 4.52. The summed E-state index contributed by atoms with van der Waals surface area (Å²) in [5.41, 5.74) is 0.809. The maximum Gasteiger partial charge on any atom is 0.0831 e. The van der Waals surface area contributed by atoms with Gasteiger partial charge in [0.1, 0.15) is 0 Å². The van der Waals surface area contributed by atoms with Gasteiger partial charge in [0.2, 0.25) is 0 Å². The van der Waals surface area contributed by atoms with E-state index < -0.39 is 0 Å². The molecule has 0 aliphatic heterocycles. The lowest BCUT2D eigenvalue weighted by molar-refractivity contribution is 0.596. The highest BCUT2D eigenvalue weighted by Crippen LogP contribution is 2.13. The molecule has 0 bridgehead atoms. The fraction of sp³-hybridized carbons (Fsp3) is 0.714. The Balaban J connectivity index is 4.39. The quantitative estimate of drug-likeness (QED) is 0.331. The zero-order valence-corrected chi connectivity index (χ0v) is 7.05. The summed E-state index contributed by atoms with van der Waals surface area (Å²) in [4.78, 5) is 3.84. The molecule has 0 saturated carbocycles. The minimum absolute atomic E-state index is 0.00569. The molecule has 0 atom stereocenters. The van der Waals surface area contributed by atoms with Crippen LogP contribution in [-0.2, 0) is 0 Å². The highest BCUT2D eigenvalue weighted by molar-refractivity contribution is 6.32. The van der Waals surface area contributed by atoms with Crippen molar-refractivity contribution in [2.75, 3.05) is 7.05 Å². The Kier molecular flexibility index (Phi) is 3.06. The summed E-state index contributed by atoms with van der Waals surface area (Å²) in [5, 5.41) is 3.62. The van der Waals surface area contributed by atoms with Crippen molar-refractivity contribution in [2.24, 2.45) is 21.4 Å². The first-order valence-electron chi connectivity index (χ1n) is 3.23. The van der Waals surface area contributed by atoms with Gasteiger partial charge in [0, 0.05) is 18.7 Å². The molecule has 0 rings (SSSR count). The summed E-state index contributed by atoms with van der Waals surface area (Å²) in [6.07, 6.45) is 1.68. The Hall–Kier alpha value is -0.860. The minimum atomic E-state index is -0.00569. The molecule has 0 radical (unpaired) electrons. The van der Waals surface area contributed by atoms with Crippen molar-refractivity contribution >= 4 is 11.9 Å². The van der Waals surface area contributed by atoms with Crippen LogP contribution in [-0.4, -0.2) is 19.0 Å². The van der Waals surface area contributed by atoms with E-state index in [-0.39, 0.29) is 5.41 Å². The van der Waals surface area contributed by atoms with Crippen LogP contribution in [0.5, 0.6) is 0 Å². The molecule has 0 unspecified atom stereocenters. The first kappa shape index (κ1) is 9.14. The Morgan fingerprint density at radius 1 is 1.40 bits per heavy atom. The second-order valence-corrected chi connectivity index (χ2v) is 3.15. The Morgan fingerprint density at radius 2 is 1.90 bits per heavy atom. The number of rotatable bonds is 1. The monoisotopic (exact) mass is 141 g/mol. The Bertz CT molecular complexity index is 151. The highest BCUT2D eigenvalue weighted by Gasteiger charge is 2.16. The zero-order chi connectivity index (χ0) is 8.20. The highest BCUT2D eigenvalue weighted by atomic mass is 15.1. The van der Waals surface area contributed by atoms with Gasteiger partial charge < -0.3 is 5.84 Å². The van der Waals surface area contributed by atoms with Crippen LogP contribution in [0.3, 0.4) is 0 Å². The van der Waals surface area contributed by atoms with Crippen molar-refractivity contribution in [1.29, 1.82) is 0 Å². The summed E-state index contributed by atoms with van der Waals surface area (Å²) in [6, 6.07) is 0. The van der Waals surface area contributed by atoms with Crippen LogP contribution >= 0.6 is 0 Å².